The normalized spacial score (nSPS) is 27.9. The van der Waals surface area contributed by atoms with E-state index in [1.807, 2.05) is 0 Å². The van der Waals surface area contributed by atoms with E-state index in [0.29, 0.717) is 0 Å². The quantitative estimate of drug-likeness (QED) is 0.587. The van der Waals surface area contributed by atoms with E-state index in [1.165, 1.54) is 38.5 Å². The van der Waals surface area contributed by atoms with Crippen LogP contribution in [-0.4, -0.2) is 0 Å². The molecule has 0 aromatic carbocycles. The van der Waals surface area contributed by atoms with Crippen molar-refractivity contribution < 1.29 is 0 Å². The average Bonchev–Trinajstić information content (AvgIpc) is 2.51. The van der Waals surface area contributed by atoms with Crippen LogP contribution in [0.5, 0.6) is 0 Å². The predicted molar refractivity (Wildman–Crippen MR) is 64.4 cm³/mol. The van der Waals surface area contributed by atoms with Gasteiger partial charge in [-0.1, -0.05) is 59.8 Å². The Morgan fingerprint density at radius 1 is 1.07 bits per heavy atom. The van der Waals surface area contributed by atoms with E-state index in [9.17, 15) is 0 Å². The summed E-state index contributed by atoms with van der Waals surface area (Å²) in [6, 6.07) is 0. The molecule has 0 amide bonds. The molecule has 0 heteroatoms. The maximum Gasteiger partial charge on any atom is -0.0363 e. The second-order valence-electron chi connectivity index (χ2n) is 5.92. The summed E-state index contributed by atoms with van der Waals surface area (Å²) in [6.07, 6.45) is 8.91. The molecule has 1 saturated carbocycles. The third-order valence-corrected chi connectivity index (χ3v) is 3.93. The number of hydrogen-bond donors (Lipinski definition) is 0. The Morgan fingerprint density at radius 2 is 1.79 bits per heavy atom. The Hall–Kier alpha value is 0. The van der Waals surface area contributed by atoms with Crippen LogP contribution in [-0.2, 0) is 0 Å². The van der Waals surface area contributed by atoms with Gasteiger partial charge in [-0.15, -0.1) is 0 Å². The van der Waals surface area contributed by atoms with E-state index in [0.717, 1.165) is 23.7 Å². The molecule has 0 radical (unpaired) electrons. The second-order valence-corrected chi connectivity index (χ2v) is 5.92. The SMILES string of the molecule is CC(C)CCCC1CCCC1C(C)C. The molecule has 2 unspecified atom stereocenters. The summed E-state index contributed by atoms with van der Waals surface area (Å²) in [6.45, 7) is 9.50. The molecule has 0 spiro atoms. The van der Waals surface area contributed by atoms with Crippen molar-refractivity contribution in [2.24, 2.45) is 23.7 Å². The van der Waals surface area contributed by atoms with Crippen molar-refractivity contribution in [1.29, 1.82) is 0 Å². The standard InChI is InChI=1S/C14H28/c1-11(2)7-5-8-13-9-6-10-14(13)12(3)4/h11-14H,5-10H2,1-4H3. The summed E-state index contributed by atoms with van der Waals surface area (Å²) < 4.78 is 0. The van der Waals surface area contributed by atoms with Gasteiger partial charge in [-0.25, -0.2) is 0 Å². The summed E-state index contributed by atoms with van der Waals surface area (Å²) >= 11 is 0. The minimum absolute atomic E-state index is 0.897. The zero-order valence-corrected chi connectivity index (χ0v) is 10.6. The molecular weight excluding hydrogens is 168 g/mol. The first-order valence-electron chi connectivity index (χ1n) is 6.61. The summed E-state index contributed by atoms with van der Waals surface area (Å²) in [7, 11) is 0. The molecule has 0 aliphatic heterocycles. The first-order chi connectivity index (χ1) is 6.61. The zero-order valence-electron chi connectivity index (χ0n) is 10.6. The molecule has 0 aromatic rings. The smallest absolute Gasteiger partial charge is 0.0363 e. The predicted octanol–water partition coefficient (Wildman–Crippen LogP) is 4.89. The Bertz CT molecular complexity index is 146. The molecular formula is C14H28. The van der Waals surface area contributed by atoms with E-state index < -0.39 is 0 Å². The van der Waals surface area contributed by atoms with Crippen LogP contribution in [0.2, 0.25) is 0 Å². The van der Waals surface area contributed by atoms with E-state index in [2.05, 4.69) is 27.7 Å². The van der Waals surface area contributed by atoms with Crippen molar-refractivity contribution in [3.05, 3.63) is 0 Å². The molecule has 0 saturated heterocycles. The fourth-order valence-electron chi connectivity index (χ4n) is 3.09. The van der Waals surface area contributed by atoms with Crippen molar-refractivity contribution >= 4 is 0 Å². The molecule has 0 aromatic heterocycles. The number of rotatable bonds is 5. The van der Waals surface area contributed by atoms with Gasteiger partial charge < -0.3 is 0 Å². The van der Waals surface area contributed by atoms with Crippen molar-refractivity contribution in [1.82, 2.24) is 0 Å². The summed E-state index contributed by atoms with van der Waals surface area (Å²) in [5, 5.41) is 0. The van der Waals surface area contributed by atoms with Gasteiger partial charge in [0, 0.05) is 0 Å². The average molecular weight is 196 g/mol. The van der Waals surface area contributed by atoms with Crippen LogP contribution < -0.4 is 0 Å². The lowest BCUT2D eigenvalue weighted by molar-refractivity contribution is 0.272. The van der Waals surface area contributed by atoms with Gasteiger partial charge >= 0.3 is 0 Å². The fraction of sp³-hybridized carbons (Fsp3) is 1.00. The maximum atomic E-state index is 2.41. The highest BCUT2D eigenvalue weighted by Crippen LogP contribution is 2.39. The van der Waals surface area contributed by atoms with Gasteiger partial charge in [0.25, 0.3) is 0 Å². The van der Waals surface area contributed by atoms with Gasteiger partial charge in [-0.3, -0.25) is 0 Å². The van der Waals surface area contributed by atoms with E-state index in [-0.39, 0.29) is 0 Å². The van der Waals surface area contributed by atoms with E-state index in [4.69, 9.17) is 0 Å². The Labute approximate surface area is 90.5 Å². The maximum absolute atomic E-state index is 2.41. The van der Waals surface area contributed by atoms with E-state index in [1.54, 1.807) is 0 Å². The van der Waals surface area contributed by atoms with Crippen molar-refractivity contribution in [3.8, 4) is 0 Å². The lowest BCUT2D eigenvalue weighted by Crippen LogP contribution is -2.14. The van der Waals surface area contributed by atoms with E-state index >= 15 is 0 Å². The van der Waals surface area contributed by atoms with Crippen molar-refractivity contribution in [2.45, 2.75) is 66.2 Å². The van der Waals surface area contributed by atoms with Gasteiger partial charge in [0.2, 0.25) is 0 Å². The summed E-state index contributed by atoms with van der Waals surface area (Å²) in [5.41, 5.74) is 0. The van der Waals surface area contributed by atoms with Gasteiger partial charge in [0.05, 0.1) is 0 Å². The topological polar surface area (TPSA) is 0 Å². The molecule has 84 valence electrons. The summed E-state index contributed by atoms with van der Waals surface area (Å²) in [4.78, 5) is 0. The highest BCUT2D eigenvalue weighted by molar-refractivity contribution is 4.79. The molecule has 1 fully saturated rings. The Morgan fingerprint density at radius 3 is 2.36 bits per heavy atom. The number of hydrogen-bond acceptors (Lipinski definition) is 0. The van der Waals surface area contributed by atoms with Crippen LogP contribution in [0.15, 0.2) is 0 Å². The molecule has 2 atom stereocenters. The second kappa shape index (κ2) is 5.78. The molecule has 1 aliphatic rings. The molecule has 1 rings (SSSR count). The lowest BCUT2D eigenvalue weighted by Gasteiger charge is -2.23. The molecule has 1 aliphatic carbocycles. The monoisotopic (exact) mass is 196 g/mol. The third-order valence-electron chi connectivity index (χ3n) is 3.93. The highest BCUT2D eigenvalue weighted by Gasteiger charge is 2.28. The molecule has 0 N–H and O–H groups in total. The lowest BCUT2D eigenvalue weighted by atomic mass is 9.83. The molecule has 0 heterocycles. The van der Waals surface area contributed by atoms with Crippen molar-refractivity contribution in [2.75, 3.05) is 0 Å². The first kappa shape index (κ1) is 12.1. The van der Waals surface area contributed by atoms with Crippen LogP contribution in [0.25, 0.3) is 0 Å². The van der Waals surface area contributed by atoms with Gasteiger partial charge in [-0.05, 0) is 30.1 Å². The highest BCUT2D eigenvalue weighted by atomic mass is 14.3. The zero-order chi connectivity index (χ0) is 10.6. The Kier molecular flexibility index (Phi) is 4.98. The van der Waals surface area contributed by atoms with Crippen LogP contribution in [0.1, 0.15) is 66.2 Å². The van der Waals surface area contributed by atoms with Crippen LogP contribution in [0.4, 0.5) is 0 Å². The van der Waals surface area contributed by atoms with Crippen LogP contribution in [0.3, 0.4) is 0 Å². The van der Waals surface area contributed by atoms with Gasteiger partial charge in [0.1, 0.15) is 0 Å². The van der Waals surface area contributed by atoms with Crippen LogP contribution >= 0.6 is 0 Å². The minimum atomic E-state index is 0.897. The van der Waals surface area contributed by atoms with Gasteiger partial charge in [0.15, 0.2) is 0 Å². The minimum Gasteiger partial charge on any atom is -0.0628 e. The largest absolute Gasteiger partial charge is 0.0628 e. The molecule has 0 bridgehead atoms. The molecule has 14 heavy (non-hydrogen) atoms. The summed E-state index contributed by atoms with van der Waals surface area (Å²) in [5.74, 6) is 3.92. The van der Waals surface area contributed by atoms with Crippen molar-refractivity contribution in [3.63, 3.8) is 0 Å². The third kappa shape index (κ3) is 3.63. The first-order valence-corrected chi connectivity index (χ1v) is 6.61. The fourth-order valence-corrected chi connectivity index (χ4v) is 3.09. The van der Waals surface area contributed by atoms with Crippen LogP contribution in [0, 0.1) is 23.7 Å². The molecule has 0 nitrogen and oxygen atoms in total. The Balaban J connectivity index is 2.22. The van der Waals surface area contributed by atoms with Gasteiger partial charge in [-0.2, -0.15) is 0 Å².